The van der Waals surface area contributed by atoms with Gasteiger partial charge >= 0.3 is 0 Å². The fourth-order valence-electron chi connectivity index (χ4n) is 4.89. The molecule has 0 heterocycles. The van der Waals surface area contributed by atoms with Crippen LogP contribution < -0.4 is 9.47 Å². The highest BCUT2D eigenvalue weighted by molar-refractivity contribution is 5.92. The molecule has 0 bridgehead atoms. The Kier molecular flexibility index (Phi) is 10.1. The van der Waals surface area contributed by atoms with Crippen molar-refractivity contribution in [2.45, 2.75) is 64.6 Å². The van der Waals surface area contributed by atoms with Gasteiger partial charge in [-0.25, -0.2) is 0 Å². The molecule has 0 radical (unpaired) electrons. The van der Waals surface area contributed by atoms with Crippen molar-refractivity contribution in [3.63, 3.8) is 0 Å². The first-order chi connectivity index (χ1) is 18.7. The summed E-state index contributed by atoms with van der Waals surface area (Å²) in [5.74, 6) is 1.51. The lowest BCUT2D eigenvalue weighted by Crippen LogP contribution is -2.21. The van der Waals surface area contributed by atoms with E-state index in [1.807, 2.05) is 72.8 Å². The maximum absolute atomic E-state index is 14.1. The standard InChI is InChI=1S/C35H38O3/c1-3-13-33(29-19-11-21-31(23-29)37-25-27-15-7-5-8-16-27)35(36)34(14-4-2)30-20-12-22-32(24-30)38-26-28-17-9-6-10-18-28/h5-12,15-24,33-34H,3-4,13-14,25-26H2,1-2H3. The summed E-state index contributed by atoms with van der Waals surface area (Å²) < 4.78 is 12.2. The first-order valence-corrected chi connectivity index (χ1v) is 13.7. The van der Waals surface area contributed by atoms with Gasteiger partial charge in [0.15, 0.2) is 0 Å². The molecule has 0 aliphatic carbocycles. The molecule has 4 aromatic rings. The first-order valence-electron chi connectivity index (χ1n) is 13.7. The molecule has 3 heteroatoms. The zero-order chi connectivity index (χ0) is 26.6. The fraction of sp³-hybridized carbons (Fsp3) is 0.286. The molecule has 0 N–H and O–H groups in total. The third kappa shape index (κ3) is 7.58. The van der Waals surface area contributed by atoms with Gasteiger partial charge in [0.25, 0.3) is 0 Å². The lowest BCUT2D eigenvalue weighted by molar-refractivity contribution is -0.122. The molecular weight excluding hydrogens is 468 g/mol. The predicted molar refractivity (Wildman–Crippen MR) is 155 cm³/mol. The van der Waals surface area contributed by atoms with Crippen LogP contribution in [-0.2, 0) is 18.0 Å². The van der Waals surface area contributed by atoms with E-state index in [1.165, 1.54) is 0 Å². The second kappa shape index (κ2) is 14.2. The zero-order valence-corrected chi connectivity index (χ0v) is 22.5. The average Bonchev–Trinajstić information content (AvgIpc) is 2.97. The number of ketones is 1. The van der Waals surface area contributed by atoms with Crippen LogP contribution in [0, 0.1) is 0 Å². The maximum Gasteiger partial charge on any atom is 0.147 e. The summed E-state index contributed by atoms with van der Waals surface area (Å²) in [6.07, 6.45) is 3.49. The largest absolute Gasteiger partial charge is 0.489 e. The predicted octanol–water partition coefficient (Wildman–Crippen LogP) is 8.88. The molecule has 0 fully saturated rings. The van der Waals surface area contributed by atoms with Gasteiger partial charge in [-0.1, -0.05) is 112 Å². The molecule has 0 saturated carbocycles. The Hall–Kier alpha value is -3.85. The van der Waals surface area contributed by atoms with E-state index in [4.69, 9.17) is 9.47 Å². The molecule has 0 saturated heterocycles. The number of Topliss-reactive ketones (excluding diaryl/α,β-unsaturated/α-hetero) is 1. The summed E-state index contributed by atoms with van der Waals surface area (Å²) in [5, 5.41) is 0. The molecule has 0 aliphatic rings. The number of hydrogen-bond acceptors (Lipinski definition) is 3. The minimum atomic E-state index is -0.175. The van der Waals surface area contributed by atoms with Gasteiger partial charge in [0.1, 0.15) is 30.5 Å². The van der Waals surface area contributed by atoms with Crippen molar-refractivity contribution >= 4 is 5.78 Å². The van der Waals surface area contributed by atoms with Crippen molar-refractivity contribution in [2.75, 3.05) is 0 Å². The Balaban J connectivity index is 1.52. The van der Waals surface area contributed by atoms with E-state index in [1.54, 1.807) is 0 Å². The number of benzene rings is 4. The smallest absolute Gasteiger partial charge is 0.147 e. The summed E-state index contributed by atoms with van der Waals surface area (Å²) >= 11 is 0. The topological polar surface area (TPSA) is 35.5 Å². The third-order valence-electron chi connectivity index (χ3n) is 6.86. The maximum atomic E-state index is 14.1. The average molecular weight is 507 g/mol. The minimum absolute atomic E-state index is 0.175. The number of rotatable bonds is 14. The van der Waals surface area contributed by atoms with Crippen molar-refractivity contribution in [1.29, 1.82) is 0 Å². The van der Waals surface area contributed by atoms with Gasteiger partial charge in [-0.15, -0.1) is 0 Å². The Labute approximate surface area is 227 Å². The quantitative estimate of drug-likeness (QED) is 0.171. The van der Waals surface area contributed by atoms with Crippen molar-refractivity contribution in [2.24, 2.45) is 0 Å². The molecule has 38 heavy (non-hydrogen) atoms. The minimum Gasteiger partial charge on any atom is -0.489 e. The van der Waals surface area contributed by atoms with Gasteiger partial charge in [0, 0.05) is 11.8 Å². The van der Waals surface area contributed by atoms with Crippen LogP contribution in [0.15, 0.2) is 109 Å². The molecular formula is C35H38O3. The highest BCUT2D eigenvalue weighted by Crippen LogP contribution is 2.35. The molecule has 2 atom stereocenters. The number of hydrogen-bond donors (Lipinski definition) is 0. The molecule has 0 aliphatic heterocycles. The Morgan fingerprint density at radius 1 is 0.579 bits per heavy atom. The van der Waals surface area contributed by atoms with Crippen molar-refractivity contribution in [1.82, 2.24) is 0 Å². The zero-order valence-electron chi connectivity index (χ0n) is 22.5. The summed E-state index contributed by atoms with van der Waals surface area (Å²) in [4.78, 5) is 14.1. The van der Waals surface area contributed by atoms with E-state index in [0.717, 1.165) is 59.4 Å². The SMILES string of the molecule is CCCC(C(=O)C(CCC)c1cccc(OCc2ccccc2)c1)c1cccc(OCc2ccccc2)c1. The molecule has 2 unspecified atom stereocenters. The van der Waals surface area contributed by atoms with Gasteiger partial charge in [0.05, 0.1) is 0 Å². The second-order valence-corrected chi connectivity index (χ2v) is 9.78. The molecule has 4 aromatic carbocycles. The van der Waals surface area contributed by atoms with Gasteiger partial charge in [-0.3, -0.25) is 4.79 Å². The summed E-state index contributed by atoms with van der Waals surface area (Å²) in [6.45, 7) is 5.29. The number of ether oxygens (including phenoxy) is 2. The van der Waals surface area contributed by atoms with Crippen LogP contribution in [0.1, 0.15) is 73.6 Å². The van der Waals surface area contributed by atoms with Gasteiger partial charge in [-0.05, 0) is 59.4 Å². The van der Waals surface area contributed by atoms with E-state index in [9.17, 15) is 4.79 Å². The summed E-state index contributed by atoms with van der Waals surface area (Å²) in [6, 6.07) is 36.4. The number of carbonyl (C=O) groups excluding carboxylic acids is 1. The highest BCUT2D eigenvalue weighted by Gasteiger charge is 2.29. The van der Waals surface area contributed by atoms with Crippen LogP contribution in [0.2, 0.25) is 0 Å². The Morgan fingerprint density at radius 3 is 1.39 bits per heavy atom. The molecule has 3 nitrogen and oxygen atoms in total. The normalized spacial score (nSPS) is 12.5. The Bertz CT molecular complexity index is 1170. The lowest BCUT2D eigenvalue weighted by Gasteiger charge is -2.24. The van der Waals surface area contributed by atoms with Crippen molar-refractivity contribution < 1.29 is 14.3 Å². The number of carbonyl (C=O) groups is 1. The van der Waals surface area contributed by atoms with Gasteiger partial charge in [-0.2, -0.15) is 0 Å². The summed E-state index contributed by atoms with van der Waals surface area (Å²) in [5.41, 5.74) is 4.30. The first kappa shape index (κ1) is 27.2. The molecule has 0 spiro atoms. The van der Waals surface area contributed by atoms with Gasteiger partial charge < -0.3 is 9.47 Å². The van der Waals surface area contributed by atoms with Crippen LogP contribution in [-0.4, -0.2) is 5.78 Å². The second-order valence-electron chi connectivity index (χ2n) is 9.78. The molecule has 4 rings (SSSR count). The van der Waals surface area contributed by atoms with E-state index in [0.29, 0.717) is 13.2 Å². The highest BCUT2D eigenvalue weighted by atomic mass is 16.5. The van der Waals surface area contributed by atoms with Crippen molar-refractivity contribution in [3.8, 4) is 11.5 Å². The van der Waals surface area contributed by atoms with Gasteiger partial charge in [0.2, 0.25) is 0 Å². The van der Waals surface area contributed by atoms with E-state index >= 15 is 0 Å². The van der Waals surface area contributed by atoms with Crippen LogP contribution >= 0.6 is 0 Å². The molecule has 0 aromatic heterocycles. The van der Waals surface area contributed by atoms with Crippen LogP contribution in [0.4, 0.5) is 0 Å². The lowest BCUT2D eigenvalue weighted by atomic mass is 9.79. The van der Waals surface area contributed by atoms with E-state index < -0.39 is 0 Å². The van der Waals surface area contributed by atoms with Crippen LogP contribution in [0.3, 0.4) is 0 Å². The van der Waals surface area contributed by atoms with E-state index in [2.05, 4.69) is 50.2 Å². The molecule has 0 amide bonds. The monoisotopic (exact) mass is 506 g/mol. The third-order valence-corrected chi connectivity index (χ3v) is 6.86. The van der Waals surface area contributed by atoms with Crippen molar-refractivity contribution in [3.05, 3.63) is 131 Å². The fourth-order valence-corrected chi connectivity index (χ4v) is 4.89. The van der Waals surface area contributed by atoms with Crippen LogP contribution in [0.5, 0.6) is 11.5 Å². The summed E-state index contributed by atoms with van der Waals surface area (Å²) in [7, 11) is 0. The Morgan fingerprint density at radius 2 is 1.00 bits per heavy atom. The van der Waals surface area contributed by atoms with E-state index in [-0.39, 0.29) is 17.6 Å². The van der Waals surface area contributed by atoms with Crippen LogP contribution in [0.25, 0.3) is 0 Å². The molecule has 196 valence electrons.